The quantitative estimate of drug-likeness (QED) is 0.883. The highest BCUT2D eigenvalue weighted by molar-refractivity contribution is 6.32. The molecule has 2 rings (SSSR count). The number of benzene rings is 1. The molecule has 0 aromatic heterocycles. The molecule has 16 heavy (non-hydrogen) atoms. The largest absolute Gasteiger partial charge is 0.488 e. The molecule has 0 atom stereocenters. The van der Waals surface area contributed by atoms with Gasteiger partial charge in [0.05, 0.1) is 11.1 Å². The number of carboxylic acid groups (broad SMARTS) is 1. The van der Waals surface area contributed by atoms with Gasteiger partial charge in [0.1, 0.15) is 5.56 Å². The maximum atomic E-state index is 11.2. The minimum absolute atomic E-state index is 0.137. The van der Waals surface area contributed by atoms with E-state index in [1.807, 2.05) is 6.92 Å². The summed E-state index contributed by atoms with van der Waals surface area (Å²) in [6, 6.07) is 1.75. The van der Waals surface area contributed by atoms with Gasteiger partial charge in [-0.2, -0.15) is 0 Å². The van der Waals surface area contributed by atoms with Crippen LogP contribution in [0, 0.1) is 13.8 Å². The first kappa shape index (κ1) is 11.3. The number of hydrogen-bond donors (Lipinski definition) is 1. The lowest BCUT2D eigenvalue weighted by Crippen LogP contribution is -2.08. The predicted octanol–water partition coefficient (Wildman–Crippen LogP) is 3.20. The fourth-order valence-corrected chi connectivity index (χ4v) is 1.88. The Morgan fingerprint density at radius 1 is 1.50 bits per heavy atom. The van der Waals surface area contributed by atoms with Gasteiger partial charge in [-0.1, -0.05) is 11.6 Å². The van der Waals surface area contributed by atoms with E-state index in [-0.39, 0.29) is 11.7 Å². The highest BCUT2D eigenvalue weighted by atomic mass is 35.5. The highest BCUT2D eigenvalue weighted by Crippen LogP contribution is 2.37. The van der Waals surface area contributed by atoms with Crippen LogP contribution in [0.25, 0.3) is 0 Å². The summed E-state index contributed by atoms with van der Waals surface area (Å²) >= 11 is 6.03. The van der Waals surface area contributed by atoms with Gasteiger partial charge < -0.3 is 9.84 Å². The van der Waals surface area contributed by atoms with Gasteiger partial charge in [0, 0.05) is 0 Å². The normalized spacial score (nSPS) is 14.9. The fraction of sp³-hybridized carbons (Fsp3) is 0.417. The standard InChI is InChI=1S/C12H13ClO3/c1-6-5-9(13)11(16-8-3-4-8)10(7(6)2)12(14)15/h5,8H,3-4H2,1-2H3,(H,14,15). The van der Waals surface area contributed by atoms with Crippen LogP contribution in [0.4, 0.5) is 0 Å². The molecule has 1 saturated carbocycles. The van der Waals surface area contributed by atoms with Crippen molar-refractivity contribution in [1.29, 1.82) is 0 Å². The molecule has 86 valence electrons. The van der Waals surface area contributed by atoms with Crippen LogP contribution in [0.15, 0.2) is 6.07 Å². The van der Waals surface area contributed by atoms with E-state index in [2.05, 4.69) is 0 Å². The smallest absolute Gasteiger partial charge is 0.339 e. The zero-order chi connectivity index (χ0) is 11.9. The van der Waals surface area contributed by atoms with Gasteiger partial charge in [-0.3, -0.25) is 0 Å². The fourth-order valence-electron chi connectivity index (χ4n) is 1.58. The summed E-state index contributed by atoms with van der Waals surface area (Å²) in [7, 11) is 0. The van der Waals surface area contributed by atoms with Gasteiger partial charge >= 0.3 is 5.97 Å². The first-order valence-electron chi connectivity index (χ1n) is 5.20. The van der Waals surface area contributed by atoms with E-state index in [1.54, 1.807) is 13.0 Å². The molecule has 1 N–H and O–H groups in total. The highest BCUT2D eigenvalue weighted by Gasteiger charge is 2.28. The van der Waals surface area contributed by atoms with E-state index in [0.717, 1.165) is 18.4 Å². The molecule has 1 fully saturated rings. The van der Waals surface area contributed by atoms with Crippen LogP contribution in [0.1, 0.15) is 34.3 Å². The van der Waals surface area contributed by atoms with Gasteiger partial charge in [0.15, 0.2) is 5.75 Å². The van der Waals surface area contributed by atoms with Crippen LogP contribution in [-0.2, 0) is 0 Å². The number of carbonyl (C=O) groups is 1. The van der Waals surface area contributed by atoms with E-state index < -0.39 is 5.97 Å². The Morgan fingerprint density at radius 3 is 2.62 bits per heavy atom. The lowest BCUT2D eigenvalue weighted by molar-refractivity contribution is 0.0691. The molecule has 0 saturated heterocycles. The molecule has 1 aliphatic rings. The van der Waals surface area contributed by atoms with E-state index in [0.29, 0.717) is 16.3 Å². The van der Waals surface area contributed by atoms with Crippen molar-refractivity contribution in [1.82, 2.24) is 0 Å². The van der Waals surface area contributed by atoms with Gasteiger partial charge in [-0.05, 0) is 43.9 Å². The van der Waals surface area contributed by atoms with E-state index >= 15 is 0 Å². The molecule has 4 heteroatoms. The number of carboxylic acids is 1. The topological polar surface area (TPSA) is 46.5 Å². The Morgan fingerprint density at radius 2 is 2.12 bits per heavy atom. The third-order valence-electron chi connectivity index (χ3n) is 2.78. The van der Waals surface area contributed by atoms with Crippen LogP contribution in [-0.4, -0.2) is 17.2 Å². The Hall–Kier alpha value is -1.22. The van der Waals surface area contributed by atoms with E-state index in [4.69, 9.17) is 16.3 Å². The number of aromatic carboxylic acids is 1. The Bertz CT molecular complexity index is 450. The summed E-state index contributed by atoms with van der Waals surface area (Å²) in [4.78, 5) is 11.2. The summed E-state index contributed by atoms with van der Waals surface area (Å²) in [6.45, 7) is 3.61. The number of hydrogen-bond acceptors (Lipinski definition) is 2. The maximum Gasteiger partial charge on any atom is 0.339 e. The lowest BCUT2D eigenvalue weighted by Gasteiger charge is -2.14. The molecular weight excluding hydrogens is 228 g/mol. The van der Waals surface area contributed by atoms with E-state index in [1.165, 1.54) is 0 Å². The molecular formula is C12H13ClO3. The summed E-state index contributed by atoms with van der Waals surface area (Å²) in [5.41, 5.74) is 1.77. The summed E-state index contributed by atoms with van der Waals surface area (Å²) in [5.74, 6) is -0.668. The van der Waals surface area contributed by atoms with Crippen molar-refractivity contribution in [3.8, 4) is 5.75 Å². The van der Waals surface area contributed by atoms with E-state index in [9.17, 15) is 9.90 Å². The monoisotopic (exact) mass is 240 g/mol. The lowest BCUT2D eigenvalue weighted by atomic mass is 10.0. The van der Waals surface area contributed by atoms with Crippen molar-refractivity contribution in [3.63, 3.8) is 0 Å². The zero-order valence-electron chi connectivity index (χ0n) is 9.21. The average Bonchev–Trinajstić information content (AvgIpc) is 2.97. The third kappa shape index (κ3) is 2.00. The molecule has 1 aromatic carbocycles. The second-order valence-corrected chi connectivity index (χ2v) is 4.53. The summed E-state index contributed by atoms with van der Waals surface area (Å²) in [5, 5.41) is 9.57. The van der Waals surface area contributed by atoms with Crippen LogP contribution in [0.2, 0.25) is 5.02 Å². The van der Waals surface area contributed by atoms with Gasteiger partial charge in [0.25, 0.3) is 0 Å². The summed E-state index contributed by atoms with van der Waals surface area (Å²) in [6.07, 6.45) is 2.09. The molecule has 0 heterocycles. The zero-order valence-corrected chi connectivity index (χ0v) is 9.97. The third-order valence-corrected chi connectivity index (χ3v) is 3.06. The summed E-state index contributed by atoms with van der Waals surface area (Å²) < 4.78 is 5.57. The average molecular weight is 241 g/mol. The van der Waals surface area contributed by atoms with Crippen molar-refractivity contribution in [3.05, 3.63) is 27.8 Å². The second kappa shape index (κ2) is 3.98. The first-order chi connectivity index (χ1) is 7.50. The predicted molar refractivity (Wildman–Crippen MR) is 61.5 cm³/mol. The number of rotatable bonds is 3. The van der Waals surface area contributed by atoms with Crippen molar-refractivity contribution < 1.29 is 14.6 Å². The minimum atomic E-state index is -0.987. The number of aryl methyl sites for hydroxylation is 1. The Labute approximate surface area is 99.0 Å². The van der Waals surface area contributed by atoms with Crippen LogP contribution in [0.5, 0.6) is 5.75 Å². The first-order valence-corrected chi connectivity index (χ1v) is 5.58. The molecule has 1 aliphatic carbocycles. The molecule has 3 nitrogen and oxygen atoms in total. The SMILES string of the molecule is Cc1cc(Cl)c(OC2CC2)c(C(=O)O)c1C. The number of halogens is 1. The Balaban J connectivity index is 2.54. The second-order valence-electron chi connectivity index (χ2n) is 4.13. The molecule has 0 aliphatic heterocycles. The Kier molecular flexibility index (Phi) is 2.80. The van der Waals surface area contributed by atoms with Crippen LogP contribution < -0.4 is 4.74 Å². The van der Waals surface area contributed by atoms with Crippen LogP contribution in [0.3, 0.4) is 0 Å². The van der Waals surface area contributed by atoms with Crippen molar-refractivity contribution >= 4 is 17.6 Å². The molecule has 0 bridgehead atoms. The van der Waals surface area contributed by atoms with Crippen molar-refractivity contribution in [2.24, 2.45) is 0 Å². The molecule has 0 amide bonds. The number of ether oxygens (including phenoxy) is 1. The molecule has 0 spiro atoms. The van der Waals surface area contributed by atoms with Crippen molar-refractivity contribution in [2.75, 3.05) is 0 Å². The molecule has 0 radical (unpaired) electrons. The van der Waals surface area contributed by atoms with Crippen LogP contribution >= 0.6 is 11.6 Å². The van der Waals surface area contributed by atoms with Gasteiger partial charge in [0.2, 0.25) is 0 Å². The molecule has 0 unspecified atom stereocenters. The maximum absolute atomic E-state index is 11.2. The minimum Gasteiger partial charge on any atom is -0.488 e. The van der Waals surface area contributed by atoms with Crippen molar-refractivity contribution in [2.45, 2.75) is 32.8 Å². The molecule has 1 aromatic rings. The van der Waals surface area contributed by atoms with Gasteiger partial charge in [-0.25, -0.2) is 4.79 Å². The van der Waals surface area contributed by atoms with Gasteiger partial charge in [-0.15, -0.1) is 0 Å².